The predicted octanol–water partition coefficient (Wildman–Crippen LogP) is 3.03. The summed E-state index contributed by atoms with van der Waals surface area (Å²) in [4.78, 5) is 24.6. The van der Waals surface area contributed by atoms with Crippen LogP contribution in [0.1, 0.15) is 54.9 Å². The topological polar surface area (TPSA) is 67.4 Å². The van der Waals surface area contributed by atoms with Gasteiger partial charge >= 0.3 is 0 Å². The molecular formula is C18H26N2O3. The van der Waals surface area contributed by atoms with E-state index < -0.39 is 6.10 Å². The number of carbonyl (C=O) groups excluding carboxylic acids is 2. The van der Waals surface area contributed by atoms with Crippen LogP contribution in [-0.2, 0) is 9.53 Å². The minimum absolute atomic E-state index is 0.182. The third-order valence-corrected chi connectivity index (χ3v) is 4.31. The van der Waals surface area contributed by atoms with Gasteiger partial charge in [0.05, 0.1) is 17.4 Å². The smallest absolute Gasteiger partial charge is 0.253 e. The SMILES string of the molecule is CC[C@@H](OC1CCCC1)C(=O)Nc1cccc(C)c1C(=O)NC. The monoisotopic (exact) mass is 318 g/mol. The van der Waals surface area contributed by atoms with Crippen LogP contribution in [0.25, 0.3) is 0 Å². The Bertz CT molecular complexity index is 565. The summed E-state index contributed by atoms with van der Waals surface area (Å²) in [5.74, 6) is -0.390. The molecule has 1 atom stereocenters. The highest BCUT2D eigenvalue weighted by molar-refractivity contribution is 6.05. The molecule has 1 aliphatic carbocycles. The molecule has 0 saturated heterocycles. The van der Waals surface area contributed by atoms with Crippen molar-refractivity contribution in [2.75, 3.05) is 12.4 Å². The summed E-state index contributed by atoms with van der Waals surface area (Å²) in [6.07, 6.45) is 4.71. The van der Waals surface area contributed by atoms with Crippen LogP contribution in [0, 0.1) is 6.92 Å². The standard InChI is InChI=1S/C18H26N2O3/c1-4-15(23-13-9-5-6-10-13)17(21)20-14-11-7-8-12(2)16(14)18(22)19-3/h7-8,11,13,15H,4-6,9-10H2,1-3H3,(H,19,22)(H,20,21)/t15-/m1/s1. The number of amides is 2. The summed E-state index contributed by atoms with van der Waals surface area (Å²) in [6.45, 7) is 3.79. The third-order valence-electron chi connectivity index (χ3n) is 4.31. The Morgan fingerprint density at radius 1 is 1.30 bits per heavy atom. The summed E-state index contributed by atoms with van der Waals surface area (Å²) in [6, 6.07) is 5.43. The van der Waals surface area contributed by atoms with Crippen LogP contribution in [0.2, 0.25) is 0 Å². The molecule has 126 valence electrons. The first-order chi connectivity index (χ1) is 11.1. The highest BCUT2D eigenvalue weighted by Gasteiger charge is 2.25. The fraction of sp³-hybridized carbons (Fsp3) is 0.556. The van der Waals surface area contributed by atoms with Crippen LogP contribution < -0.4 is 10.6 Å². The van der Waals surface area contributed by atoms with Crippen molar-refractivity contribution < 1.29 is 14.3 Å². The van der Waals surface area contributed by atoms with Gasteiger partial charge in [-0.1, -0.05) is 31.9 Å². The van der Waals surface area contributed by atoms with Gasteiger partial charge in [-0.05, 0) is 37.8 Å². The zero-order chi connectivity index (χ0) is 16.8. The average molecular weight is 318 g/mol. The van der Waals surface area contributed by atoms with Crippen molar-refractivity contribution in [1.29, 1.82) is 0 Å². The number of rotatable bonds is 6. The summed E-state index contributed by atoms with van der Waals surface area (Å²) < 4.78 is 5.94. The lowest BCUT2D eigenvalue weighted by Gasteiger charge is -2.21. The van der Waals surface area contributed by atoms with Crippen molar-refractivity contribution in [2.45, 2.75) is 58.2 Å². The molecule has 2 rings (SSSR count). The van der Waals surface area contributed by atoms with Gasteiger partial charge < -0.3 is 15.4 Å². The highest BCUT2D eigenvalue weighted by Crippen LogP contribution is 2.24. The van der Waals surface area contributed by atoms with Crippen LogP contribution in [0.5, 0.6) is 0 Å². The van der Waals surface area contributed by atoms with Gasteiger partial charge in [0.25, 0.3) is 11.8 Å². The van der Waals surface area contributed by atoms with E-state index in [1.807, 2.05) is 26.0 Å². The number of hydrogen-bond donors (Lipinski definition) is 2. The lowest BCUT2D eigenvalue weighted by Crippen LogP contribution is -2.33. The number of nitrogens with one attached hydrogen (secondary N) is 2. The molecule has 0 bridgehead atoms. The van der Waals surface area contributed by atoms with Crippen molar-refractivity contribution in [2.24, 2.45) is 0 Å². The molecule has 0 spiro atoms. The maximum atomic E-state index is 12.5. The number of benzene rings is 1. The average Bonchev–Trinajstić information content (AvgIpc) is 3.05. The molecule has 0 heterocycles. The van der Waals surface area contributed by atoms with Gasteiger partial charge in [0.2, 0.25) is 0 Å². The van der Waals surface area contributed by atoms with Gasteiger partial charge in [0, 0.05) is 7.05 Å². The zero-order valence-electron chi connectivity index (χ0n) is 14.1. The van der Waals surface area contributed by atoms with E-state index in [2.05, 4.69) is 10.6 Å². The summed E-state index contributed by atoms with van der Waals surface area (Å²) >= 11 is 0. The Morgan fingerprint density at radius 3 is 2.61 bits per heavy atom. The maximum absolute atomic E-state index is 12.5. The molecule has 0 aromatic heterocycles. The van der Waals surface area contributed by atoms with Crippen LogP contribution in [0.15, 0.2) is 18.2 Å². The van der Waals surface area contributed by atoms with Crippen LogP contribution >= 0.6 is 0 Å². The van der Waals surface area contributed by atoms with Crippen LogP contribution in [-0.4, -0.2) is 31.1 Å². The molecule has 0 aliphatic heterocycles. The Hall–Kier alpha value is -1.88. The molecule has 0 unspecified atom stereocenters. The number of carbonyl (C=O) groups is 2. The largest absolute Gasteiger partial charge is 0.365 e. The fourth-order valence-electron chi connectivity index (χ4n) is 3.01. The van der Waals surface area contributed by atoms with E-state index >= 15 is 0 Å². The second-order valence-electron chi connectivity index (χ2n) is 6.01. The van der Waals surface area contributed by atoms with Gasteiger partial charge in [-0.3, -0.25) is 9.59 Å². The molecule has 23 heavy (non-hydrogen) atoms. The quantitative estimate of drug-likeness (QED) is 0.847. The Morgan fingerprint density at radius 2 is 2.00 bits per heavy atom. The number of anilines is 1. The number of ether oxygens (including phenoxy) is 1. The summed E-state index contributed by atoms with van der Waals surface area (Å²) in [5, 5.41) is 5.48. The Kier molecular flexibility index (Phi) is 6.16. The molecule has 1 aromatic rings. The molecular weight excluding hydrogens is 292 g/mol. The first kappa shape index (κ1) is 17.5. The van der Waals surface area contributed by atoms with Gasteiger partial charge in [-0.25, -0.2) is 0 Å². The van der Waals surface area contributed by atoms with E-state index in [1.165, 1.54) is 12.8 Å². The van der Waals surface area contributed by atoms with Gasteiger partial charge in [-0.2, -0.15) is 0 Å². The lowest BCUT2D eigenvalue weighted by molar-refractivity contribution is -0.131. The molecule has 2 amide bonds. The van der Waals surface area contributed by atoms with E-state index in [9.17, 15) is 9.59 Å². The van der Waals surface area contributed by atoms with Crippen LogP contribution in [0.3, 0.4) is 0 Å². The Labute approximate surface area is 137 Å². The second-order valence-corrected chi connectivity index (χ2v) is 6.01. The van der Waals surface area contributed by atoms with Gasteiger partial charge in [0.1, 0.15) is 6.10 Å². The highest BCUT2D eigenvalue weighted by atomic mass is 16.5. The summed E-state index contributed by atoms with van der Waals surface area (Å²) in [7, 11) is 1.58. The van der Waals surface area contributed by atoms with E-state index in [4.69, 9.17) is 4.74 Å². The van der Waals surface area contributed by atoms with E-state index in [0.29, 0.717) is 17.7 Å². The van der Waals surface area contributed by atoms with E-state index in [-0.39, 0.29) is 17.9 Å². The van der Waals surface area contributed by atoms with Crippen molar-refractivity contribution in [1.82, 2.24) is 5.32 Å². The van der Waals surface area contributed by atoms with Crippen molar-refractivity contribution >= 4 is 17.5 Å². The number of hydrogen-bond acceptors (Lipinski definition) is 3. The third kappa shape index (κ3) is 4.32. The molecule has 1 saturated carbocycles. The first-order valence-electron chi connectivity index (χ1n) is 8.34. The lowest BCUT2D eigenvalue weighted by atomic mass is 10.1. The second kappa shape index (κ2) is 8.11. The molecule has 5 nitrogen and oxygen atoms in total. The molecule has 1 aromatic carbocycles. The Balaban J connectivity index is 2.12. The summed E-state index contributed by atoms with van der Waals surface area (Å²) in [5.41, 5.74) is 1.86. The minimum atomic E-state index is -0.476. The predicted molar refractivity (Wildman–Crippen MR) is 90.6 cm³/mol. The van der Waals surface area contributed by atoms with Gasteiger partial charge in [0.15, 0.2) is 0 Å². The first-order valence-corrected chi connectivity index (χ1v) is 8.34. The normalized spacial score (nSPS) is 16.1. The molecule has 1 aliphatic rings. The fourth-order valence-corrected chi connectivity index (χ4v) is 3.01. The van der Waals surface area contributed by atoms with Crippen molar-refractivity contribution in [3.8, 4) is 0 Å². The minimum Gasteiger partial charge on any atom is -0.365 e. The molecule has 2 N–H and O–H groups in total. The van der Waals surface area contributed by atoms with Crippen molar-refractivity contribution in [3.63, 3.8) is 0 Å². The molecule has 0 radical (unpaired) electrons. The molecule has 5 heteroatoms. The maximum Gasteiger partial charge on any atom is 0.253 e. The number of aryl methyl sites for hydroxylation is 1. The van der Waals surface area contributed by atoms with Gasteiger partial charge in [-0.15, -0.1) is 0 Å². The van der Waals surface area contributed by atoms with Crippen LogP contribution in [0.4, 0.5) is 5.69 Å². The van der Waals surface area contributed by atoms with E-state index in [0.717, 1.165) is 18.4 Å². The van der Waals surface area contributed by atoms with Crippen molar-refractivity contribution in [3.05, 3.63) is 29.3 Å². The molecule has 1 fully saturated rings. The zero-order valence-corrected chi connectivity index (χ0v) is 14.1. The van der Waals surface area contributed by atoms with E-state index in [1.54, 1.807) is 13.1 Å².